The minimum absolute atomic E-state index is 0.305. The van der Waals surface area contributed by atoms with Crippen LogP contribution in [0.15, 0.2) is 78.9 Å². The normalized spacial score (nSPS) is 16.9. The zero-order valence-electron chi connectivity index (χ0n) is 20.0. The number of benzene rings is 4. The van der Waals surface area contributed by atoms with Gasteiger partial charge in [0.05, 0.1) is 14.2 Å². The highest BCUT2D eigenvalue weighted by Gasteiger charge is 2.38. The van der Waals surface area contributed by atoms with Crippen LogP contribution >= 0.6 is 0 Å². The fraction of sp³-hybridized carbons (Fsp3) is 0.200. The van der Waals surface area contributed by atoms with Gasteiger partial charge in [-0.05, 0) is 41.8 Å². The Labute approximate surface area is 200 Å². The van der Waals surface area contributed by atoms with Crippen molar-refractivity contribution >= 4 is 22.5 Å². The van der Waals surface area contributed by atoms with Gasteiger partial charge in [0.25, 0.3) is 0 Å². The molecule has 0 bridgehead atoms. The smallest absolute Gasteiger partial charge is 0.178 e. The lowest BCUT2D eigenvalue weighted by molar-refractivity contribution is 0.163. The summed E-state index contributed by atoms with van der Waals surface area (Å²) in [6.45, 7) is 4.40. The lowest BCUT2D eigenvalue weighted by Gasteiger charge is -2.37. The van der Waals surface area contributed by atoms with E-state index in [2.05, 4.69) is 44.2 Å². The molecule has 4 heteroatoms. The maximum atomic E-state index is 7.10. The van der Waals surface area contributed by atoms with Crippen LogP contribution in [-0.4, -0.2) is 14.2 Å². The number of hydrogen-bond acceptors (Lipinski definition) is 4. The highest BCUT2D eigenvalue weighted by Crippen LogP contribution is 2.49. The molecule has 5 rings (SSSR count). The Morgan fingerprint density at radius 3 is 2.18 bits per heavy atom. The molecule has 1 atom stereocenters. The Bertz CT molecular complexity index is 1370. The first-order valence-electron chi connectivity index (χ1n) is 11.5. The summed E-state index contributed by atoms with van der Waals surface area (Å²) in [4.78, 5) is 0. The Morgan fingerprint density at radius 2 is 1.53 bits per heavy atom. The first kappa shape index (κ1) is 21.9. The van der Waals surface area contributed by atoms with Gasteiger partial charge >= 0.3 is 0 Å². The van der Waals surface area contributed by atoms with Crippen LogP contribution < -0.4 is 19.9 Å². The lowest BCUT2D eigenvalue weighted by atomic mass is 9.81. The molecule has 172 valence electrons. The summed E-state index contributed by atoms with van der Waals surface area (Å²) < 4.78 is 18.5. The van der Waals surface area contributed by atoms with Crippen molar-refractivity contribution in [1.82, 2.24) is 0 Å². The van der Waals surface area contributed by atoms with E-state index in [1.165, 1.54) is 5.56 Å². The van der Waals surface area contributed by atoms with Gasteiger partial charge in [-0.25, -0.2) is 0 Å². The highest BCUT2D eigenvalue weighted by molar-refractivity contribution is 5.99. The number of anilines is 1. The van der Waals surface area contributed by atoms with Gasteiger partial charge in [0.1, 0.15) is 17.2 Å². The minimum Gasteiger partial charge on any atom is -0.497 e. The van der Waals surface area contributed by atoms with E-state index in [-0.39, 0.29) is 0 Å². The number of nitrogen functional groups attached to an aromatic ring is 1. The number of rotatable bonds is 5. The largest absolute Gasteiger partial charge is 0.497 e. The quantitative estimate of drug-likeness (QED) is 0.335. The minimum atomic E-state index is -0.805. The van der Waals surface area contributed by atoms with Crippen LogP contribution in [0.2, 0.25) is 0 Å². The first-order chi connectivity index (χ1) is 16.5. The molecular formula is C30H29NO3. The van der Waals surface area contributed by atoms with Crippen LogP contribution in [0, 0.1) is 0 Å². The van der Waals surface area contributed by atoms with Crippen LogP contribution in [0.1, 0.15) is 42.0 Å². The van der Waals surface area contributed by atoms with Crippen molar-refractivity contribution in [1.29, 1.82) is 0 Å². The predicted molar refractivity (Wildman–Crippen MR) is 139 cm³/mol. The molecule has 0 radical (unpaired) electrons. The Hall–Kier alpha value is -3.92. The number of hydrogen-bond donors (Lipinski definition) is 1. The van der Waals surface area contributed by atoms with E-state index in [0.717, 1.165) is 44.7 Å². The van der Waals surface area contributed by atoms with E-state index >= 15 is 0 Å². The van der Waals surface area contributed by atoms with Crippen molar-refractivity contribution in [3.05, 3.63) is 101 Å². The zero-order chi connectivity index (χ0) is 23.9. The Kier molecular flexibility index (Phi) is 5.45. The van der Waals surface area contributed by atoms with Crippen molar-refractivity contribution in [2.45, 2.75) is 25.4 Å². The molecule has 1 unspecified atom stereocenters. The molecule has 0 fully saturated rings. The standard InChI is InChI=1S/C30H29NO3/c1-19(2)25-18-26-27(16-23(32-3)17-28(26)33-4)29-24(25)14-15-30(34-29,20-8-6-5-7-9-20)21-10-12-22(31)13-11-21/h5-19H,31H2,1-4H3. The fourth-order valence-corrected chi connectivity index (χ4v) is 4.78. The fourth-order valence-electron chi connectivity index (χ4n) is 4.78. The summed E-state index contributed by atoms with van der Waals surface area (Å²) in [5.41, 5.74) is 10.3. The molecule has 0 spiro atoms. The van der Waals surface area contributed by atoms with Gasteiger partial charge < -0.3 is 19.9 Å². The molecular weight excluding hydrogens is 422 g/mol. The van der Waals surface area contributed by atoms with Gasteiger partial charge in [-0.15, -0.1) is 0 Å². The Morgan fingerprint density at radius 1 is 0.824 bits per heavy atom. The van der Waals surface area contributed by atoms with Crippen LogP contribution in [0.5, 0.6) is 17.2 Å². The summed E-state index contributed by atoms with van der Waals surface area (Å²) in [7, 11) is 3.35. The third kappa shape index (κ3) is 3.47. The summed E-state index contributed by atoms with van der Waals surface area (Å²) in [6.07, 6.45) is 4.36. The summed E-state index contributed by atoms with van der Waals surface area (Å²) >= 11 is 0. The number of nitrogens with two attached hydrogens (primary N) is 1. The van der Waals surface area contributed by atoms with Gasteiger partial charge in [-0.1, -0.05) is 62.4 Å². The van der Waals surface area contributed by atoms with E-state index in [4.69, 9.17) is 19.9 Å². The van der Waals surface area contributed by atoms with Crippen molar-refractivity contribution < 1.29 is 14.2 Å². The average molecular weight is 452 g/mol. The molecule has 1 aliphatic rings. The lowest BCUT2D eigenvalue weighted by Crippen LogP contribution is -2.34. The number of ether oxygens (including phenoxy) is 3. The summed E-state index contributed by atoms with van der Waals surface area (Å²) in [5, 5.41) is 1.95. The van der Waals surface area contributed by atoms with E-state index in [9.17, 15) is 0 Å². The average Bonchev–Trinajstić information content (AvgIpc) is 2.88. The molecule has 0 saturated carbocycles. The number of methoxy groups -OCH3 is 2. The van der Waals surface area contributed by atoms with Crippen molar-refractivity contribution in [3.8, 4) is 17.2 Å². The van der Waals surface area contributed by atoms with Gasteiger partial charge in [-0.2, -0.15) is 0 Å². The van der Waals surface area contributed by atoms with Gasteiger partial charge in [-0.3, -0.25) is 0 Å². The molecule has 4 nitrogen and oxygen atoms in total. The second kappa shape index (κ2) is 8.45. The van der Waals surface area contributed by atoms with Crippen LogP contribution in [-0.2, 0) is 5.60 Å². The predicted octanol–water partition coefficient (Wildman–Crippen LogP) is 6.91. The summed E-state index contributed by atoms with van der Waals surface area (Å²) in [6, 6.07) is 24.4. The van der Waals surface area contributed by atoms with Gasteiger partial charge in [0.15, 0.2) is 5.60 Å². The van der Waals surface area contributed by atoms with Gasteiger partial charge in [0, 0.05) is 39.2 Å². The molecule has 0 aromatic heterocycles. The molecule has 1 aliphatic heterocycles. The maximum Gasteiger partial charge on any atom is 0.178 e. The van der Waals surface area contributed by atoms with Crippen LogP contribution in [0.4, 0.5) is 5.69 Å². The molecule has 4 aromatic carbocycles. The first-order valence-corrected chi connectivity index (χ1v) is 11.5. The van der Waals surface area contributed by atoms with Crippen molar-refractivity contribution in [2.75, 3.05) is 20.0 Å². The van der Waals surface area contributed by atoms with E-state index < -0.39 is 5.60 Å². The SMILES string of the molecule is COc1cc(OC)c2cc(C(C)C)c3c(c2c1)OC(c1ccccc1)(c1ccc(N)cc1)C=C3. The Balaban J connectivity index is 1.84. The van der Waals surface area contributed by atoms with E-state index in [1.54, 1.807) is 14.2 Å². The van der Waals surface area contributed by atoms with Gasteiger partial charge in [0.2, 0.25) is 0 Å². The summed E-state index contributed by atoms with van der Waals surface area (Å²) in [5.74, 6) is 2.61. The molecule has 34 heavy (non-hydrogen) atoms. The van der Waals surface area contributed by atoms with E-state index in [1.807, 2.05) is 54.6 Å². The topological polar surface area (TPSA) is 53.7 Å². The molecule has 2 N–H and O–H groups in total. The van der Waals surface area contributed by atoms with Crippen molar-refractivity contribution in [3.63, 3.8) is 0 Å². The monoisotopic (exact) mass is 451 g/mol. The molecule has 0 aliphatic carbocycles. The number of fused-ring (bicyclic) bond motifs is 3. The van der Waals surface area contributed by atoms with Crippen molar-refractivity contribution in [2.24, 2.45) is 0 Å². The molecule has 1 heterocycles. The van der Waals surface area contributed by atoms with Crippen LogP contribution in [0.25, 0.3) is 16.8 Å². The van der Waals surface area contributed by atoms with E-state index in [0.29, 0.717) is 11.6 Å². The molecule has 0 saturated heterocycles. The van der Waals surface area contributed by atoms with Crippen LogP contribution in [0.3, 0.4) is 0 Å². The maximum absolute atomic E-state index is 7.10. The highest BCUT2D eigenvalue weighted by atomic mass is 16.5. The third-order valence-electron chi connectivity index (χ3n) is 6.58. The zero-order valence-corrected chi connectivity index (χ0v) is 20.0. The molecule has 0 amide bonds. The molecule has 4 aromatic rings. The second-order valence-electron chi connectivity index (χ2n) is 8.95. The second-order valence-corrected chi connectivity index (χ2v) is 8.95. The third-order valence-corrected chi connectivity index (χ3v) is 6.58.